The molecule has 1 fully saturated rings. The van der Waals surface area contributed by atoms with Crippen LogP contribution in [0.25, 0.3) is 11.1 Å². The van der Waals surface area contributed by atoms with Gasteiger partial charge in [0.2, 0.25) is 11.8 Å². The summed E-state index contributed by atoms with van der Waals surface area (Å²) < 4.78 is 15.4. The highest BCUT2D eigenvalue weighted by Gasteiger charge is 2.43. The molecular formula is C29H40FN3O3. The van der Waals surface area contributed by atoms with Crippen LogP contribution in [0.1, 0.15) is 56.6 Å². The molecule has 2 atom stereocenters. The zero-order chi connectivity index (χ0) is 26.1. The van der Waals surface area contributed by atoms with E-state index in [1.54, 1.807) is 6.07 Å². The average Bonchev–Trinajstić information content (AvgIpc) is 2.86. The summed E-state index contributed by atoms with van der Waals surface area (Å²) in [6, 6.07) is 12.5. The highest BCUT2D eigenvalue weighted by atomic mass is 19.1. The first-order valence-electron chi connectivity index (χ1n) is 13.0. The van der Waals surface area contributed by atoms with Crippen molar-refractivity contribution in [3.8, 4) is 11.1 Å². The van der Waals surface area contributed by atoms with E-state index in [2.05, 4.69) is 10.6 Å². The highest BCUT2D eigenvalue weighted by molar-refractivity contribution is 5.76. The van der Waals surface area contributed by atoms with Crippen LogP contribution in [0.4, 0.5) is 4.39 Å². The monoisotopic (exact) mass is 497 g/mol. The summed E-state index contributed by atoms with van der Waals surface area (Å²) in [4.78, 5) is 26.2. The summed E-state index contributed by atoms with van der Waals surface area (Å²) in [7, 11) is 1.87. The third-order valence-electron chi connectivity index (χ3n) is 7.16. The lowest BCUT2D eigenvalue weighted by Gasteiger charge is -2.43. The van der Waals surface area contributed by atoms with Gasteiger partial charge in [-0.3, -0.25) is 9.59 Å². The van der Waals surface area contributed by atoms with Crippen molar-refractivity contribution in [2.24, 2.45) is 5.92 Å². The van der Waals surface area contributed by atoms with Crippen LogP contribution in [0.3, 0.4) is 0 Å². The Morgan fingerprint density at radius 1 is 1.17 bits per heavy atom. The van der Waals surface area contributed by atoms with Gasteiger partial charge in [-0.2, -0.15) is 0 Å². The van der Waals surface area contributed by atoms with E-state index < -0.39 is 5.60 Å². The van der Waals surface area contributed by atoms with Crippen molar-refractivity contribution in [3.05, 3.63) is 59.4 Å². The van der Waals surface area contributed by atoms with Crippen molar-refractivity contribution in [2.45, 2.75) is 58.0 Å². The van der Waals surface area contributed by atoms with E-state index in [4.69, 9.17) is 0 Å². The summed E-state index contributed by atoms with van der Waals surface area (Å²) in [6.45, 7) is 5.73. The number of likely N-dealkylation sites (tertiary alicyclic amines) is 1. The Morgan fingerprint density at radius 2 is 1.94 bits per heavy atom. The van der Waals surface area contributed by atoms with Crippen molar-refractivity contribution < 1.29 is 19.1 Å². The van der Waals surface area contributed by atoms with E-state index in [0.29, 0.717) is 50.0 Å². The fourth-order valence-electron chi connectivity index (χ4n) is 5.33. The lowest BCUT2D eigenvalue weighted by molar-refractivity contribution is -0.137. The van der Waals surface area contributed by atoms with Crippen molar-refractivity contribution in [1.82, 2.24) is 15.5 Å². The number of nitrogens with one attached hydrogen (secondary N) is 2. The number of benzene rings is 2. The maximum Gasteiger partial charge on any atom is 0.222 e. The van der Waals surface area contributed by atoms with Gasteiger partial charge < -0.3 is 20.6 Å². The van der Waals surface area contributed by atoms with Gasteiger partial charge in [0.15, 0.2) is 0 Å². The molecule has 0 spiro atoms. The molecule has 2 aromatic rings. The molecule has 2 amide bonds. The van der Waals surface area contributed by atoms with Crippen molar-refractivity contribution >= 4 is 11.8 Å². The molecule has 7 heteroatoms. The zero-order valence-corrected chi connectivity index (χ0v) is 21.8. The molecule has 0 bridgehead atoms. The number of hydrogen-bond acceptors (Lipinski definition) is 4. The largest absolute Gasteiger partial charge is 0.385 e. The van der Waals surface area contributed by atoms with Crippen LogP contribution in [-0.4, -0.2) is 55.0 Å². The van der Waals surface area contributed by atoms with Crippen LogP contribution >= 0.6 is 0 Å². The average molecular weight is 498 g/mol. The molecule has 1 aliphatic heterocycles. The van der Waals surface area contributed by atoms with Gasteiger partial charge in [0.05, 0.1) is 5.60 Å². The molecule has 3 rings (SSSR count). The second-order valence-electron chi connectivity index (χ2n) is 9.93. The molecule has 1 aliphatic rings. The fraction of sp³-hybridized carbons (Fsp3) is 0.517. The van der Waals surface area contributed by atoms with E-state index >= 15 is 4.39 Å². The molecule has 0 aromatic heterocycles. The van der Waals surface area contributed by atoms with Crippen molar-refractivity contribution in [2.75, 3.05) is 33.2 Å². The zero-order valence-electron chi connectivity index (χ0n) is 21.8. The number of aryl methyl sites for hydroxylation is 1. The number of amides is 2. The van der Waals surface area contributed by atoms with Crippen molar-refractivity contribution in [3.63, 3.8) is 0 Å². The van der Waals surface area contributed by atoms with E-state index in [-0.39, 0.29) is 23.5 Å². The highest BCUT2D eigenvalue weighted by Crippen LogP contribution is 2.44. The van der Waals surface area contributed by atoms with Crippen LogP contribution < -0.4 is 10.6 Å². The number of aliphatic hydroxyl groups is 1. The molecule has 2 aromatic carbocycles. The lowest BCUT2D eigenvalue weighted by Crippen LogP contribution is -2.48. The Labute approximate surface area is 214 Å². The van der Waals surface area contributed by atoms with Crippen LogP contribution in [0.5, 0.6) is 0 Å². The van der Waals surface area contributed by atoms with Crippen LogP contribution in [0, 0.1) is 18.7 Å². The molecule has 0 saturated carbocycles. The topological polar surface area (TPSA) is 81.7 Å². The maximum atomic E-state index is 15.4. The molecule has 1 heterocycles. The molecule has 36 heavy (non-hydrogen) atoms. The number of rotatable bonds is 11. The summed E-state index contributed by atoms with van der Waals surface area (Å²) >= 11 is 0. The quantitative estimate of drug-likeness (QED) is 0.408. The van der Waals surface area contributed by atoms with Gasteiger partial charge in [0, 0.05) is 44.5 Å². The summed E-state index contributed by atoms with van der Waals surface area (Å²) in [6.07, 6.45) is 3.63. The van der Waals surface area contributed by atoms with E-state index in [1.807, 2.05) is 49.2 Å². The standard InChI is InChI=1S/C29H40FN3O3/c1-21-9-4-10-23(19-21)28-25(12-5-13-26(28)30)29(36,15-8-17-32-22(2)34)24-11-7-18-33(20-24)27(35)14-6-16-31-3/h4-5,9-10,12-13,19,24,31,36H,6-8,11,14-18,20H2,1-3H3,(H,32,34)/t24?,29-/m0/s1. The van der Waals surface area contributed by atoms with Gasteiger partial charge in [0.1, 0.15) is 5.82 Å². The molecule has 0 aliphatic carbocycles. The minimum Gasteiger partial charge on any atom is -0.385 e. The van der Waals surface area contributed by atoms with Gasteiger partial charge in [0.25, 0.3) is 0 Å². The minimum absolute atomic E-state index is 0.0914. The SMILES string of the molecule is CNCCCC(=O)N1CCCC([C@@](O)(CCCNC(C)=O)c2cccc(F)c2-c2cccc(C)c2)C1. The maximum absolute atomic E-state index is 15.4. The fourth-order valence-corrected chi connectivity index (χ4v) is 5.33. The predicted molar refractivity (Wildman–Crippen MR) is 141 cm³/mol. The number of carbonyl (C=O) groups is 2. The van der Waals surface area contributed by atoms with Gasteiger partial charge >= 0.3 is 0 Å². The molecule has 3 N–H and O–H groups in total. The Bertz CT molecular complexity index is 1040. The Hall–Kier alpha value is -2.77. The molecule has 1 saturated heterocycles. The predicted octanol–water partition coefficient (Wildman–Crippen LogP) is 4.14. The molecule has 1 unspecified atom stereocenters. The number of hydrogen-bond donors (Lipinski definition) is 3. The number of nitrogens with zero attached hydrogens (tertiary/aromatic N) is 1. The first kappa shape index (κ1) is 27.8. The van der Waals surface area contributed by atoms with E-state index in [1.165, 1.54) is 13.0 Å². The summed E-state index contributed by atoms with van der Waals surface area (Å²) in [5.41, 5.74) is 1.32. The normalized spacial score (nSPS) is 17.5. The second kappa shape index (κ2) is 13.0. The first-order chi connectivity index (χ1) is 17.3. The molecule has 6 nitrogen and oxygen atoms in total. The number of halogens is 1. The van der Waals surface area contributed by atoms with E-state index in [0.717, 1.165) is 36.9 Å². The first-order valence-corrected chi connectivity index (χ1v) is 13.0. The number of carbonyl (C=O) groups excluding carboxylic acids is 2. The number of piperidine rings is 1. The van der Waals surface area contributed by atoms with E-state index in [9.17, 15) is 14.7 Å². The minimum atomic E-state index is -1.36. The summed E-state index contributed by atoms with van der Waals surface area (Å²) in [5, 5.41) is 18.3. The third-order valence-corrected chi connectivity index (χ3v) is 7.16. The van der Waals surface area contributed by atoms with Gasteiger partial charge in [-0.15, -0.1) is 0 Å². The third kappa shape index (κ3) is 6.92. The second-order valence-corrected chi connectivity index (χ2v) is 9.93. The Morgan fingerprint density at radius 3 is 2.67 bits per heavy atom. The summed E-state index contributed by atoms with van der Waals surface area (Å²) in [5.74, 6) is -0.661. The molecule has 196 valence electrons. The van der Waals surface area contributed by atoms with Gasteiger partial charge in [-0.25, -0.2) is 4.39 Å². The molecular weight excluding hydrogens is 457 g/mol. The lowest BCUT2D eigenvalue weighted by atomic mass is 9.72. The Kier molecular flexibility index (Phi) is 10.0. The molecule has 0 radical (unpaired) electrons. The van der Waals surface area contributed by atoms with Gasteiger partial charge in [-0.1, -0.05) is 42.0 Å². The van der Waals surface area contributed by atoms with Crippen LogP contribution in [-0.2, 0) is 15.2 Å². The smallest absolute Gasteiger partial charge is 0.222 e. The van der Waals surface area contributed by atoms with Crippen LogP contribution in [0.15, 0.2) is 42.5 Å². The van der Waals surface area contributed by atoms with Gasteiger partial charge in [-0.05, 0) is 69.8 Å². The van der Waals surface area contributed by atoms with Crippen molar-refractivity contribution in [1.29, 1.82) is 0 Å². The van der Waals surface area contributed by atoms with Crippen LogP contribution in [0.2, 0.25) is 0 Å². The Balaban J connectivity index is 1.97.